The number of carbonyl (C=O) groups excluding carboxylic acids is 1. The van der Waals surface area contributed by atoms with Crippen molar-refractivity contribution in [2.45, 2.75) is 0 Å². The van der Waals surface area contributed by atoms with E-state index in [9.17, 15) is 9.90 Å². The van der Waals surface area contributed by atoms with E-state index in [0.29, 0.717) is 0 Å². The molecule has 1 aromatic heterocycles. The average Bonchev–Trinajstić information content (AvgIpc) is 1.90. The van der Waals surface area contributed by atoms with Gasteiger partial charge in [0.15, 0.2) is 5.69 Å². The van der Waals surface area contributed by atoms with E-state index in [2.05, 4.69) is 10.2 Å². The van der Waals surface area contributed by atoms with Crippen LogP contribution in [0, 0.1) is 0 Å². The molecule has 1 aromatic rings. The largest absolute Gasteiger partial charge is 0.406 e. The van der Waals surface area contributed by atoms with Gasteiger partial charge < -0.3 is 0 Å². The molecule has 0 aliphatic heterocycles. The van der Waals surface area contributed by atoms with Crippen molar-refractivity contribution < 1.29 is 9.90 Å². The standard InChI is InChI=1S/C5H3N2O2/c8-5(9)4-2-1-3-6-7-4/h1-3H. The molecule has 0 saturated heterocycles. The highest BCUT2D eigenvalue weighted by atomic mass is 16.4. The predicted octanol–water partition coefficient (Wildman–Crippen LogP) is 0.0473. The van der Waals surface area contributed by atoms with Gasteiger partial charge in [0, 0.05) is 6.20 Å². The highest BCUT2D eigenvalue weighted by molar-refractivity contribution is 5.84. The molecule has 0 saturated carbocycles. The zero-order valence-corrected chi connectivity index (χ0v) is 4.44. The minimum absolute atomic E-state index is 0.141. The summed E-state index contributed by atoms with van der Waals surface area (Å²) in [6, 6.07) is 2.81. The zero-order chi connectivity index (χ0) is 6.69. The number of carbonyl (C=O) groups is 1. The predicted molar refractivity (Wildman–Crippen MR) is 27.0 cm³/mol. The molecule has 0 fully saturated rings. The summed E-state index contributed by atoms with van der Waals surface area (Å²) in [6.45, 7) is 0. The van der Waals surface area contributed by atoms with Gasteiger partial charge in [-0.05, 0) is 12.1 Å². The number of rotatable bonds is 1. The molecule has 1 heterocycles. The molecule has 9 heavy (non-hydrogen) atoms. The number of nitrogens with zero attached hydrogens (tertiary/aromatic N) is 2. The SMILES string of the molecule is [O]C(=O)c1cccnn1. The van der Waals surface area contributed by atoms with Gasteiger partial charge in [0.05, 0.1) is 0 Å². The summed E-state index contributed by atoms with van der Waals surface area (Å²) < 4.78 is 0. The van der Waals surface area contributed by atoms with E-state index in [1.807, 2.05) is 0 Å². The molecule has 0 bridgehead atoms. The van der Waals surface area contributed by atoms with Crippen molar-refractivity contribution in [3.05, 3.63) is 24.0 Å². The van der Waals surface area contributed by atoms with E-state index >= 15 is 0 Å². The number of hydrogen-bond donors (Lipinski definition) is 0. The molecule has 0 unspecified atom stereocenters. The van der Waals surface area contributed by atoms with Crippen LogP contribution in [-0.2, 0) is 5.11 Å². The van der Waals surface area contributed by atoms with Gasteiger partial charge >= 0.3 is 5.97 Å². The van der Waals surface area contributed by atoms with Gasteiger partial charge in [0.1, 0.15) is 0 Å². The van der Waals surface area contributed by atoms with Crippen molar-refractivity contribution in [1.82, 2.24) is 10.2 Å². The summed E-state index contributed by atoms with van der Waals surface area (Å²) >= 11 is 0. The molecule has 0 atom stereocenters. The third-order valence-corrected chi connectivity index (χ3v) is 0.781. The summed E-state index contributed by atoms with van der Waals surface area (Å²) in [5, 5.41) is 16.6. The Morgan fingerprint density at radius 3 is 2.67 bits per heavy atom. The summed E-state index contributed by atoms with van der Waals surface area (Å²) in [5.74, 6) is -1.30. The average molecular weight is 123 g/mol. The summed E-state index contributed by atoms with van der Waals surface area (Å²) in [4.78, 5) is 9.99. The zero-order valence-electron chi connectivity index (χ0n) is 4.44. The molecule has 0 aliphatic carbocycles. The van der Waals surface area contributed by atoms with Gasteiger partial charge in [-0.15, -0.1) is 5.10 Å². The van der Waals surface area contributed by atoms with Gasteiger partial charge in [-0.3, -0.25) is 0 Å². The van der Waals surface area contributed by atoms with E-state index in [1.54, 1.807) is 0 Å². The van der Waals surface area contributed by atoms with E-state index in [1.165, 1.54) is 18.3 Å². The second kappa shape index (κ2) is 2.21. The molecule has 4 heteroatoms. The lowest BCUT2D eigenvalue weighted by Crippen LogP contribution is -1.98. The third-order valence-electron chi connectivity index (χ3n) is 0.781. The fourth-order valence-corrected chi connectivity index (χ4v) is 0.410. The Balaban J connectivity index is 2.98. The van der Waals surface area contributed by atoms with Crippen LogP contribution in [0.4, 0.5) is 0 Å². The van der Waals surface area contributed by atoms with Gasteiger partial charge in [-0.2, -0.15) is 5.10 Å². The molecule has 0 amide bonds. The van der Waals surface area contributed by atoms with Crippen LogP contribution < -0.4 is 0 Å². The lowest BCUT2D eigenvalue weighted by atomic mass is 10.4. The molecule has 1 rings (SSSR count). The maximum Gasteiger partial charge on any atom is 0.406 e. The Morgan fingerprint density at radius 2 is 2.33 bits per heavy atom. The van der Waals surface area contributed by atoms with Crippen LogP contribution in [0.5, 0.6) is 0 Å². The molecule has 0 aliphatic rings. The van der Waals surface area contributed by atoms with Crippen molar-refractivity contribution in [3.63, 3.8) is 0 Å². The fourth-order valence-electron chi connectivity index (χ4n) is 0.410. The molecule has 0 aromatic carbocycles. The van der Waals surface area contributed by atoms with Crippen LogP contribution in [-0.4, -0.2) is 16.2 Å². The second-order valence-electron chi connectivity index (χ2n) is 1.40. The van der Waals surface area contributed by atoms with Crippen LogP contribution in [0.25, 0.3) is 0 Å². The quantitative estimate of drug-likeness (QED) is 0.529. The Hall–Kier alpha value is -1.45. The van der Waals surface area contributed by atoms with Crippen molar-refractivity contribution in [3.8, 4) is 0 Å². The first-order valence-electron chi connectivity index (χ1n) is 2.30. The monoisotopic (exact) mass is 123 g/mol. The van der Waals surface area contributed by atoms with Crippen LogP contribution in [0.2, 0.25) is 0 Å². The van der Waals surface area contributed by atoms with Crippen molar-refractivity contribution in [1.29, 1.82) is 0 Å². The fraction of sp³-hybridized carbons (Fsp3) is 0. The molecule has 45 valence electrons. The smallest absolute Gasteiger partial charge is 0.240 e. The van der Waals surface area contributed by atoms with Crippen LogP contribution in [0.3, 0.4) is 0 Å². The van der Waals surface area contributed by atoms with Gasteiger partial charge in [0.2, 0.25) is 0 Å². The molecular formula is C5H3N2O2. The van der Waals surface area contributed by atoms with Gasteiger partial charge in [0.25, 0.3) is 0 Å². The minimum atomic E-state index is -1.30. The first-order valence-corrected chi connectivity index (χ1v) is 2.30. The Morgan fingerprint density at radius 1 is 1.56 bits per heavy atom. The lowest BCUT2D eigenvalue weighted by Gasteiger charge is -1.83. The Kier molecular flexibility index (Phi) is 1.40. The maximum atomic E-state index is 9.99. The van der Waals surface area contributed by atoms with Crippen LogP contribution in [0.1, 0.15) is 10.5 Å². The van der Waals surface area contributed by atoms with Crippen molar-refractivity contribution in [2.75, 3.05) is 0 Å². The van der Waals surface area contributed by atoms with Crippen LogP contribution >= 0.6 is 0 Å². The first-order chi connectivity index (χ1) is 4.30. The molecule has 0 N–H and O–H groups in total. The minimum Gasteiger partial charge on any atom is -0.240 e. The number of hydrogen-bond acceptors (Lipinski definition) is 3. The molecule has 1 radical (unpaired) electrons. The highest BCUT2D eigenvalue weighted by Crippen LogP contribution is 1.88. The first kappa shape index (κ1) is 5.68. The van der Waals surface area contributed by atoms with E-state index in [0.717, 1.165) is 0 Å². The Bertz CT molecular complexity index is 209. The molecule has 0 spiro atoms. The summed E-state index contributed by atoms with van der Waals surface area (Å²) in [6.07, 6.45) is 1.40. The second-order valence-corrected chi connectivity index (χ2v) is 1.40. The molecular weight excluding hydrogens is 120 g/mol. The lowest BCUT2D eigenvalue weighted by molar-refractivity contribution is 0.0565. The maximum absolute atomic E-state index is 9.99. The molecule has 4 nitrogen and oxygen atoms in total. The highest BCUT2D eigenvalue weighted by Gasteiger charge is 2.03. The van der Waals surface area contributed by atoms with Crippen molar-refractivity contribution >= 4 is 5.97 Å². The summed E-state index contributed by atoms with van der Waals surface area (Å²) in [7, 11) is 0. The van der Waals surface area contributed by atoms with E-state index in [4.69, 9.17) is 0 Å². The third kappa shape index (κ3) is 1.22. The summed E-state index contributed by atoms with van der Waals surface area (Å²) in [5.41, 5.74) is -0.141. The normalized spacial score (nSPS) is 8.89. The van der Waals surface area contributed by atoms with Crippen molar-refractivity contribution in [2.24, 2.45) is 0 Å². The van der Waals surface area contributed by atoms with Gasteiger partial charge in [-0.1, -0.05) is 0 Å². The van der Waals surface area contributed by atoms with Crippen LogP contribution in [0.15, 0.2) is 18.3 Å². The Labute approximate surface area is 51.2 Å². The van der Waals surface area contributed by atoms with E-state index < -0.39 is 5.97 Å². The number of aromatic nitrogens is 2. The topological polar surface area (TPSA) is 62.8 Å². The van der Waals surface area contributed by atoms with E-state index in [-0.39, 0.29) is 5.69 Å². The van der Waals surface area contributed by atoms with Gasteiger partial charge in [-0.25, -0.2) is 9.90 Å².